The highest BCUT2D eigenvalue weighted by Gasteiger charge is 1.95. The van der Waals surface area contributed by atoms with Crippen molar-refractivity contribution in [1.82, 2.24) is 0 Å². The van der Waals surface area contributed by atoms with Crippen LogP contribution in [0, 0.1) is 0 Å². The van der Waals surface area contributed by atoms with Gasteiger partial charge in [0.25, 0.3) is 0 Å². The molecule has 0 heterocycles. The molecule has 0 aromatic carbocycles. The molecule has 0 unspecified atom stereocenters. The normalized spacial score (nSPS) is 13.5. The molecule has 2 heteroatoms. The predicted octanol–water partition coefficient (Wildman–Crippen LogP) is 2.59. The standard InChI is InChI=1S/C9H14ClN/c1-4-7(2)5-9(10)8(3)6-11/h4-5H,3,6,11H2,1-2H3/b7-4-,9-5+. The monoisotopic (exact) mass is 171 g/mol. The Bertz CT molecular complexity index is 202. The van der Waals surface area contributed by atoms with Gasteiger partial charge in [0.2, 0.25) is 0 Å². The Morgan fingerprint density at radius 1 is 1.64 bits per heavy atom. The maximum absolute atomic E-state index is 5.85. The zero-order valence-corrected chi connectivity index (χ0v) is 7.78. The number of nitrogens with two attached hydrogens (primary N) is 1. The summed E-state index contributed by atoms with van der Waals surface area (Å²) < 4.78 is 0. The summed E-state index contributed by atoms with van der Waals surface area (Å²) >= 11 is 5.85. The van der Waals surface area contributed by atoms with Crippen LogP contribution in [0.25, 0.3) is 0 Å². The topological polar surface area (TPSA) is 26.0 Å². The maximum atomic E-state index is 5.85. The molecule has 62 valence electrons. The van der Waals surface area contributed by atoms with Crippen molar-refractivity contribution in [2.75, 3.05) is 6.54 Å². The molecule has 0 aromatic heterocycles. The molecule has 0 spiro atoms. The molecule has 0 atom stereocenters. The first-order valence-electron chi connectivity index (χ1n) is 3.50. The van der Waals surface area contributed by atoms with Crippen LogP contribution in [0.2, 0.25) is 0 Å². The Kier molecular flexibility index (Phi) is 4.92. The highest BCUT2D eigenvalue weighted by Crippen LogP contribution is 2.13. The van der Waals surface area contributed by atoms with Crippen LogP contribution < -0.4 is 5.73 Å². The lowest BCUT2D eigenvalue weighted by Crippen LogP contribution is -2.01. The number of hydrogen-bond acceptors (Lipinski definition) is 1. The van der Waals surface area contributed by atoms with Crippen LogP contribution >= 0.6 is 11.6 Å². The van der Waals surface area contributed by atoms with E-state index in [1.807, 2.05) is 26.0 Å². The minimum absolute atomic E-state index is 0.409. The van der Waals surface area contributed by atoms with Crippen LogP contribution in [-0.4, -0.2) is 6.54 Å². The molecule has 1 nitrogen and oxygen atoms in total. The Morgan fingerprint density at radius 2 is 2.18 bits per heavy atom. The zero-order chi connectivity index (χ0) is 8.85. The lowest BCUT2D eigenvalue weighted by molar-refractivity contribution is 1.18. The van der Waals surface area contributed by atoms with Crippen LogP contribution in [0.4, 0.5) is 0 Å². The highest BCUT2D eigenvalue weighted by molar-refractivity contribution is 6.32. The molecule has 0 bridgehead atoms. The van der Waals surface area contributed by atoms with Gasteiger partial charge in [-0.3, -0.25) is 0 Å². The average molecular weight is 172 g/mol. The van der Waals surface area contributed by atoms with Gasteiger partial charge in [0.1, 0.15) is 0 Å². The number of halogens is 1. The van der Waals surface area contributed by atoms with E-state index in [1.165, 1.54) is 0 Å². The minimum Gasteiger partial charge on any atom is -0.326 e. The molecule has 0 amide bonds. The summed E-state index contributed by atoms with van der Waals surface area (Å²) in [4.78, 5) is 0. The first-order chi connectivity index (χ1) is 5.11. The molecular formula is C9H14ClN. The lowest BCUT2D eigenvalue weighted by Gasteiger charge is -1.99. The van der Waals surface area contributed by atoms with E-state index in [1.54, 1.807) is 0 Å². The molecule has 0 saturated carbocycles. The van der Waals surface area contributed by atoms with Crippen LogP contribution in [-0.2, 0) is 0 Å². The van der Waals surface area contributed by atoms with Gasteiger partial charge in [-0.25, -0.2) is 0 Å². The minimum atomic E-state index is 0.409. The SMILES string of the molecule is C=C(CN)/C(Cl)=C\C(C)=C/C. The van der Waals surface area contributed by atoms with Crippen molar-refractivity contribution < 1.29 is 0 Å². The van der Waals surface area contributed by atoms with Crippen molar-refractivity contribution in [3.8, 4) is 0 Å². The fourth-order valence-corrected chi connectivity index (χ4v) is 0.732. The molecule has 0 saturated heterocycles. The lowest BCUT2D eigenvalue weighted by atomic mass is 10.2. The smallest absolute Gasteiger partial charge is 0.0447 e. The molecule has 0 aliphatic heterocycles. The van der Waals surface area contributed by atoms with Gasteiger partial charge < -0.3 is 5.73 Å². The third-order valence-electron chi connectivity index (χ3n) is 1.39. The van der Waals surface area contributed by atoms with E-state index in [9.17, 15) is 0 Å². The van der Waals surface area contributed by atoms with Crippen molar-refractivity contribution in [3.05, 3.63) is 34.9 Å². The van der Waals surface area contributed by atoms with Crippen molar-refractivity contribution in [2.24, 2.45) is 5.73 Å². The molecule has 0 aliphatic carbocycles. The maximum Gasteiger partial charge on any atom is 0.0447 e. The quantitative estimate of drug-likeness (QED) is 0.650. The molecule has 0 fully saturated rings. The first kappa shape index (κ1) is 10.5. The second-order valence-corrected chi connectivity index (χ2v) is 2.74. The Balaban J connectivity index is 4.34. The van der Waals surface area contributed by atoms with E-state index in [0.29, 0.717) is 11.6 Å². The Hall–Kier alpha value is -0.530. The fraction of sp³-hybridized carbons (Fsp3) is 0.333. The summed E-state index contributed by atoms with van der Waals surface area (Å²) in [6, 6.07) is 0. The zero-order valence-electron chi connectivity index (χ0n) is 7.02. The van der Waals surface area contributed by atoms with Gasteiger partial charge in [-0.1, -0.05) is 29.8 Å². The van der Waals surface area contributed by atoms with Gasteiger partial charge in [0, 0.05) is 11.6 Å². The first-order valence-corrected chi connectivity index (χ1v) is 3.88. The van der Waals surface area contributed by atoms with Gasteiger partial charge in [-0.15, -0.1) is 0 Å². The summed E-state index contributed by atoms with van der Waals surface area (Å²) in [7, 11) is 0. The van der Waals surface area contributed by atoms with Crippen LogP contribution in [0.1, 0.15) is 13.8 Å². The van der Waals surface area contributed by atoms with Crippen molar-refractivity contribution in [1.29, 1.82) is 0 Å². The Morgan fingerprint density at radius 3 is 2.55 bits per heavy atom. The molecule has 0 aromatic rings. The van der Waals surface area contributed by atoms with Crippen LogP contribution in [0.15, 0.2) is 34.9 Å². The van der Waals surface area contributed by atoms with E-state index in [4.69, 9.17) is 17.3 Å². The molecule has 0 radical (unpaired) electrons. The van der Waals surface area contributed by atoms with Gasteiger partial charge in [-0.05, 0) is 25.5 Å². The van der Waals surface area contributed by atoms with Crippen molar-refractivity contribution in [2.45, 2.75) is 13.8 Å². The van der Waals surface area contributed by atoms with Gasteiger partial charge in [0.15, 0.2) is 0 Å². The molecule has 2 N–H and O–H groups in total. The molecule has 11 heavy (non-hydrogen) atoms. The fourth-order valence-electron chi connectivity index (χ4n) is 0.483. The third-order valence-corrected chi connectivity index (χ3v) is 1.77. The van der Waals surface area contributed by atoms with Crippen LogP contribution in [0.3, 0.4) is 0 Å². The summed E-state index contributed by atoms with van der Waals surface area (Å²) in [5, 5.41) is 0.642. The Labute approximate surface area is 73.2 Å². The second kappa shape index (κ2) is 5.16. The number of rotatable bonds is 3. The van der Waals surface area contributed by atoms with E-state index in [-0.39, 0.29) is 0 Å². The van der Waals surface area contributed by atoms with Crippen molar-refractivity contribution in [3.63, 3.8) is 0 Å². The third kappa shape index (κ3) is 4.02. The summed E-state index contributed by atoms with van der Waals surface area (Å²) in [6.07, 6.45) is 3.84. The van der Waals surface area contributed by atoms with E-state index >= 15 is 0 Å². The molecular weight excluding hydrogens is 158 g/mol. The summed E-state index contributed by atoms with van der Waals surface area (Å²) in [5.41, 5.74) is 7.23. The van der Waals surface area contributed by atoms with Crippen LogP contribution in [0.5, 0.6) is 0 Å². The summed E-state index contributed by atoms with van der Waals surface area (Å²) in [5.74, 6) is 0. The summed E-state index contributed by atoms with van der Waals surface area (Å²) in [6.45, 7) is 8.05. The second-order valence-electron chi connectivity index (χ2n) is 2.33. The van der Waals surface area contributed by atoms with E-state index in [0.717, 1.165) is 11.1 Å². The molecule has 0 aliphatic rings. The molecule has 0 rings (SSSR count). The largest absolute Gasteiger partial charge is 0.326 e. The highest BCUT2D eigenvalue weighted by atomic mass is 35.5. The average Bonchev–Trinajstić information content (AvgIpc) is 2.02. The van der Waals surface area contributed by atoms with Gasteiger partial charge in [-0.2, -0.15) is 0 Å². The van der Waals surface area contributed by atoms with Gasteiger partial charge >= 0.3 is 0 Å². The van der Waals surface area contributed by atoms with Gasteiger partial charge in [0.05, 0.1) is 0 Å². The van der Waals surface area contributed by atoms with E-state index < -0.39 is 0 Å². The van der Waals surface area contributed by atoms with E-state index in [2.05, 4.69) is 6.58 Å². The predicted molar refractivity (Wildman–Crippen MR) is 51.6 cm³/mol. The number of allylic oxidation sites excluding steroid dienone is 3. The number of hydrogen-bond donors (Lipinski definition) is 1. The van der Waals surface area contributed by atoms with Crippen molar-refractivity contribution >= 4 is 11.6 Å².